The Morgan fingerprint density at radius 2 is 2.09 bits per heavy atom. The Kier molecular flexibility index (Phi) is 6.58. The summed E-state index contributed by atoms with van der Waals surface area (Å²) in [5, 5.41) is 3.56. The molecule has 1 aliphatic heterocycles. The fourth-order valence-electron chi connectivity index (χ4n) is 2.75. The van der Waals surface area contributed by atoms with Crippen LogP contribution in [-0.4, -0.2) is 55.3 Å². The van der Waals surface area contributed by atoms with E-state index in [4.69, 9.17) is 0 Å². The smallest absolute Gasteiger partial charge is 0.239 e. The van der Waals surface area contributed by atoms with Gasteiger partial charge in [-0.15, -0.1) is 11.8 Å². The average Bonchev–Trinajstić information content (AvgIpc) is 2.51. The first-order valence-corrected chi connectivity index (χ1v) is 9.01. The zero-order valence-corrected chi connectivity index (χ0v) is 14.7. The number of amides is 1. The molecule has 122 valence electrons. The molecule has 0 aliphatic carbocycles. The van der Waals surface area contributed by atoms with Crippen molar-refractivity contribution in [3.8, 4) is 0 Å². The van der Waals surface area contributed by atoms with Crippen molar-refractivity contribution in [3.63, 3.8) is 0 Å². The summed E-state index contributed by atoms with van der Waals surface area (Å²) in [5.41, 5.74) is 1.18. The predicted molar refractivity (Wildman–Crippen MR) is 94.8 cm³/mol. The van der Waals surface area contributed by atoms with Crippen molar-refractivity contribution < 1.29 is 4.79 Å². The highest BCUT2D eigenvalue weighted by Gasteiger charge is 2.23. The van der Waals surface area contributed by atoms with Gasteiger partial charge in [0.15, 0.2) is 0 Å². The number of thioether (sulfide) groups is 1. The molecule has 1 amide bonds. The van der Waals surface area contributed by atoms with Gasteiger partial charge in [0, 0.05) is 29.8 Å². The summed E-state index contributed by atoms with van der Waals surface area (Å²) in [6.45, 7) is 11.6. The van der Waals surface area contributed by atoms with E-state index in [1.54, 1.807) is 0 Å². The molecule has 1 N–H and O–H groups in total. The molecule has 0 fully saturated rings. The lowest BCUT2D eigenvalue weighted by atomic mass is 10.2. The molecule has 0 spiro atoms. The van der Waals surface area contributed by atoms with Crippen LogP contribution in [0.5, 0.6) is 0 Å². The topological polar surface area (TPSA) is 35.6 Å². The lowest BCUT2D eigenvalue weighted by molar-refractivity contribution is -0.119. The van der Waals surface area contributed by atoms with E-state index in [0.29, 0.717) is 11.8 Å². The number of benzene rings is 1. The summed E-state index contributed by atoms with van der Waals surface area (Å²) in [6.07, 6.45) is 0. The number of likely N-dealkylation sites (N-methyl/N-ethyl adjacent to an activating group) is 1. The van der Waals surface area contributed by atoms with Gasteiger partial charge in [0.1, 0.15) is 0 Å². The summed E-state index contributed by atoms with van der Waals surface area (Å²) in [7, 11) is 0. The lowest BCUT2D eigenvalue weighted by Crippen LogP contribution is -2.43. The van der Waals surface area contributed by atoms with Crippen molar-refractivity contribution in [1.29, 1.82) is 0 Å². The second-order valence-electron chi connectivity index (χ2n) is 5.65. The fourth-order valence-corrected chi connectivity index (χ4v) is 3.92. The first-order valence-electron chi connectivity index (χ1n) is 8.13. The molecule has 0 saturated carbocycles. The Bertz CT molecular complexity index is 491. The second kappa shape index (κ2) is 8.44. The molecule has 1 aromatic carbocycles. The Morgan fingerprint density at radius 3 is 2.82 bits per heavy atom. The normalized spacial score (nSPS) is 17.5. The maximum Gasteiger partial charge on any atom is 0.239 e. The van der Waals surface area contributed by atoms with Crippen LogP contribution in [0.2, 0.25) is 0 Å². The molecular weight excluding hydrogens is 294 g/mol. The highest BCUT2D eigenvalue weighted by molar-refractivity contribution is 8.00. The fraction of sp³-hybridized carbons (Fsp3) is 0.588. The summed E-state index contributed by atoms with van der Waals surface area (Å²) in [4.78, 5) is 18.0. The van der Waals surface area contributed by atoms with Gasteiger partial charge in [0.05, 0.1) is 12.2 Å². The summed E-state index contributed by atoms with van der Waals surface area (Å²) >= 11 is 1.89. The first kappa shape index (κ1) is 17.2. The Labute approximate surface area is 138 Å². The number of hydrogen-bond acceptors (Lipinski definition) is 4. The van der Waals surface area contributed by atoms with Gasteiger partial charge in [0.25, 0.3) is 0 Å². The van der Waals surface area contributed by atoms with E-state index in [1.165, 1.54) is 10.6 Å². The van der Waals surface area contributed by atoms with Crippen LogP contribution >= 0.6 is 11.8 Å². The maximum atomic E-state index is 12.2. The van der Waals surface area contributed by atoms with Crippen LogP contribution in [0, 0.1) is 0 Å². The molecule has 2 rings (SSSR count). The number of rotatable bonds is 7. The zero-order valence-electron chi connectivity index (χ0n) is 13.8. The van der Waals surface area contributed by atoms with Gasteiger partial charge < -0.3 is 15.1 Å². The molecule has 5 heteroatoms. The second-order valence-corrected chi connectivity index (χ2v) is 7.13. The van der Waals surface area contributed by atoms with E-state index >= 15 is 0 Å². The predicted octanol–water partition coefficient (Wildman–Crippen LogP) is 2.45. The number of nitrogens with one attached hydrogen (secondary N) is 1. The number of carbonyl (C=O) groups excluding carboxylic acids is 1. The van der Waals surface area contributed by atoms with Crippen molar-refractivity contribution in [3.05, 3.63) is 24.3 Å². The third-order valence-electron chi connectivity index (χ3n) is 3.99. The van der Waals surface area contributed by atoms with Crippen LogP contribution in [0.3, 0.4) is 0 Å². The third-order valence-corrected chi connectivity index (χ3v) is 5.14. The van der Waals surface area contributed by atoms with Gasteiger partial charge in [0.2, 0.25) is 5.91 Å². The number of fused-ring (bicyclic) bond motifs is 1. The van der Waals surface area contributed by atoms with Gasteiger partial charge in [-0.25, -0.2) is 0 Å². The molecule has 22 heavy (non-hydrogen) atoms. The minimum absolute atomic E-state index is 0.112. The molecule has 0 aromatic heterocycles. The first-order chi connectivity index (χ1) is 10.6. The minimum Gasteiger partial charge on any atom is -0.360 e. The van der Waals surface area contributed by atoms with Crippen LogP contribution in [0.15, 0.2) is 29.2 Å². The Balaban J connectivity index is 1.86. The van der Waals surface area contributed by atoms with E-state index in [9.17, 15) is 4.79 Å². The summed E-state index contributed by atoms with van der Waals surface area (Å²) < 4.78 is 0. The molecule has 1 atom stereocenters. The SMILES string of the molecule is CCN(CC)CCNC(=O)CN1C[C@H](C)Sc2ccccc21. The summed E-state index contributed by atoms with van der Waals surface area (Å²) in [6, 6.07) is 8.35. The molecule has 0 radical (unpaired) electrons. The highest BCUT2D eigenvalue weighted by atomic mass is 32.2. The van der Waals surface area contributed by atoms with Crippen LogP contribution in [0.4, 0.5) is 5.69 Å². The van der Waals surface area contributed by atoms with Crippen LogP contribution < -0.4 is 10.2 Å². The molecular formula is C17H27N3OS. The lowest BCUT2D eigenvalue weighted by Gasteiger charge is -2.33. The number of carbonyl (C=O) groups is 1. The van der Waals surface area contributed by atoms with Gasteiger partial charge in [-0.3, -0.25) is 4.79 Å². The Morgan fingerprint density at radius 1 is 1.36 bits per heavy atom. The molecule has 1 aliphatic rings. The molecule has 0 saturated heterocycles. The average molecular weight is 321 g/mol. The van der Waals surface area contributed by atoms with Gasteiger partial charge in [-0.1, -0.05) is 32.9 Å². The number of nitrogens with zero attached hydrogens (tertiary/aromatic N) is 2. The standard InChI is InChI=1S/C17H27N3OS/c1-4-19(5-2)11-10-18-17(21)13-20-12-14(3)22-16-9-7-6-8-15(16)20/h6-9,14H,4-5,10-13H2,1-3H3,(H,18,21)/t14-/m0/s1. The van der Waals surface area contributed by atoms with Crippen molar-refractivity contribution in [2.75, 3.05) is 44.2 Å². The van der Waals surface area contributed by atoms with Gasteiger partial charge in [-0.2, -0.15) is 0 Å². The van der Waals surface area contributed by atoms with E-state index in [1.807, 2.05) is 17.8 Å². The summed E-state index contributed by atoms with van der Waals surface area (Å²) in [5.74, 6) is 0.112. The molecule has 0 bridgehead atoms. The highest BCUT2D eigenvalue weighted by Crippen LogP contribution is 2.37. The monoisotopic (exact) mass is 321 g/mol. The van der Waals surface area contributed by atoms with E-state index in [2.05, 4.69) is 54.1 Å². The molecule has 1 aromatic rings. The zero-order chi connectivity index (χ0) is 15.9. The molecule has 0 unspecified atom stereocenters. The Hall–Kier alpha value is -1.20. The van der Waals surface area contributed by atoms with Gasteiger partial charge >= 0.3 is 0 Å². The number of hydrogen-bond donors (Lipinski definition) is 1. The van der Waals surface area contributed by atoms with Crippen LogP contribution in [-0.2, 0) is 4.79 Å². The minimum atomic E-state index is 0.112. The quantitative estimate of drug-likeness (QED) is 0.837. The van der Waals surface area contributed by atoms with Crippen molar-refractivity contribution in [1.82, 2.24) is 10.2 Å². The van der Waals surface area contributed by atoms with Crippen molar-refractivity contribution >= 4 is 23.4 Å². The molecule has 1 heterocycles. The van der Waals surface area contributed by atoms with E-state index < -0.39 is 0 Å². The van der Waals surface area contributed by atoms with E-state index in [-0.39, 0.29) is 5.91 Å². The van der Waals surface area contributed by atoms with Crippen LogP contribution in [0.25, 0.3) is 0 Å². The van der Waals surface area contributed by atoms with Crippen molar-refractivity contribution in [2.45, 2.75) is 30.9 Å². The number of anilines is 1. The largest absolute Gasteiger partial charge is 0.360 e. The maximum absolute atomic E-state index is 12.2. The van der Waals surface area contributed by atoms with Crippen LogP contribution in [0.1, 0.15) is 20.8 Å². The third kappa shape index (κ3) is 4.65. The molecule has 4 nitrogen and oxygen atoms in total. The van der Waals surface area contributed by atoms with Crippen molar-refractivity contribution in [2.24, 2.45) is 0 Å². The van der Waals surface area contributed by atoms with E-state index in [0.717, 1.165) is 32.7 Å². The van der Waals surface area contributed by atoms with Gasteiger partial charge in [-0.05, 0) is 25.2 Å². The number of para-hydroxylation sites is 1.